The molecule has 0 saturated heterocycles. The summed E-state index contributed by atoms with van der Waals surface area (Å²) in [7, 11) is 0. The maximum atomic E-state index is 12.2. The summed E-state index contributed by atoms with van der Waals surface area (Å²) in [6.45, 7) is 0.253. The monoisotopic (exact) mass is 346 g/mol. The van der Waals surface area contributed by atoms with E-state index >= 15 is 0 Å². The van der Waals surface area contributed by atoms with Crippen LogP contribution in [-0.4, -0.2) is 37.4 Å². The highest BCUT2D eigenvalue weighted by molar-refractivity contribution is 5.78. The van der Waals surface area contributed by atoms with E-state index in [2.05, 4.69) is 10.6 Å². The van der Waals surface area contributed by atoms with Gasteiger partial charge in [0.2, 0.25) is 6.79 Å². The second kappa shape index (κ2) is 7.52. The Bertz CT molecular complexity index is 615. The van der Waals surface area contributed by atoms with Gasteiger partial charge in [-0.1, -0.05) is 19.3 Å². The molecule has 1 heterocycles. The number of rotatable bonds is 6. The van der Waals surface area contributed by atoms with Gasteiger partial charge in [0.1, 0.15) is 5.75 Å². The van der Waals surface area contributed by atoms with Crippen LogP contribution in [-0.2, 0) is 4.79 Å². The minimum Gasteiger partial charge on any atom is -0.484 e. The van der Waals surface area contributed by atoms with Crippen LogP contribution in [0, 0.1) is 0 Å². The zero-order valence-electron chi connectivity index (χ0n) is 14.5. The molecular weight excluding hydrogens is 320 g/mol. The predicted molar refractivity (Wildman–Crippen MR) is 93.0 cm³/mol. The van der Waals surface area contributed by atoms with E-state index in [4.69, 9.17) is 14.2 Å². The normalized spacial score (nSPS) is 25.3. The average molecular weight is 346 g/mol. The molecule has 0 aromatic heterocycles. The molecule has 0 spiro atoms. The first-order chi connectivity index (χ1) is 12.3. The van der Waals surface area contributed by atoms with Crippen molar-refractivity contribution < 1.29 is 19.0 Å². The van der Waals surface area contributed by atoms with Crippen molar-refractivity contribution in [3.05, 3.63) is 18.2 Å². The topological polar surface area (TPSA) is 68.8 Å². The number of nitrogens with one attached hydrogen (secondary N) is 2. The first-order valence-corrected chi connectivity index (χ1v) is 9.36. The fourth-order valence-corrected chi connectivity index (χ4v) is 3.81. The standard InChI is InChI=1S/C19H26N2O4/c22-19(11-23-14-6-9-17-18(10-14)25-12-24-17)21-16-8-7-15(16)20-13-4-2-1-3-5-13/h6,9-10,13,15-16,20H,1-5,7-8,11-12H2,(H,21,22)/t15-,16+/m1/s1. The third-order valence-electron chi connectivity index (χ3n) is 5.39. The van der Waals surface area contributed by atoms with Gasteiger partial charge in [-0.25, -0.2) is 0 Å². The second-order valence-corrected chi connectivity index (χ2v) is 7.16. The minimum absolute atomic E-state index is 0.0201. The van der Waals surface area contributed by atoms with Crippen LogP contribution in [0.3, 0.4) is 0 Å². The maximum absolute atomic E-state index is 12.2. The van der Waals surface area contributed by atoms with E-state index in [-0.39, 0.29) is 25.3 Å². The lowest BCUT2D eigenvalue weighted by atomic mass is 9.84. The molecule has 1 aliphatic heterocycles. The summed E-state index contributed by atoms with van der Waals surface area (Å²) in [4.78, 5) is 12.2. The summed E-state index contributed by atoms with van der Waals surface area (Å²) >= 11 is 0. The van der Waals surface area contributed by atoms with Crippen LogP contribution in [0.4, 0.5) is 0 Å². The fraction of sp³-hybridized carbons (Fsp3) is 0.632. The van der Waals surface area contributed by atoms with Crippen LogP contribution in [0.1, 0.15) is 44.9 Å². The zero-order valence-corrected chi connectivity index (χ0v) is 14.5. The summed E-state index contributed by atoms with van der Waals surface area (Å²) < 4.78 is 16.2. The van der Waals surface area contributed by atoms with Crippen molar-refractivity contribution >= 4 is 5.91 Å². The average Bonchev–Trinajstić information content (AvgIpc) is 3.10. The van der Waals surface area contributed by atoms with Crippen LogP contribution >= 0.6 is 0 Å². The summed E-state index contributed by atoms with van der Waals surface area (Å²) in [6, 6.07) is 6.62. The molecule has 2 N–H and O–H groups in total. The molecular formula is C19H26N2O4. The number of hydrogen-bond acceptors (Lipinski definition) is 5. The van der Waals surface area contributed by atoms with Gasteiger partial charge < -0.3 is 24.8 Å². The lowest BCUT2D eigenvalue weighted by Crippen LogP contribution is -2.59. The molecule has 25 heavy (non-hydrogen) atoms. The maximum Gasteiger partial charge on any atom is 0.258 e. The number of amides is 1. The third kappa shape index (κ3) is 4.00. The Morgan fingerprint density at radius 3 is 2.64 bits per heavy atom. The largest absolute Gasteiger partial charge is 0.484 e. The third-order valence-corrected chi connectivity index (χ3v) is 5.39. The van der Waals surface area contributed by atoms with Crippen LogP contribution in [0.25, 0.3) is 0 Å². The van der Waals surface area contributed by atoms with E-state index in [1.807, 2.05) is 0 Å². The van der Waals surface area contributed by atoms with Gasteiger partial charge in [-0.15, -0.1) is 0 Å². The van der Waals surface area contributed by atoms with Gasteiger partial charge in [0.15, 0.2) is 18.1 Å². The van der Waals surface area contributed by atoms with Crippen LogP contribution < -0.4 is 24.8 Å². The first-order valence-electron chi connectivity index (χ1n) is 9.36. The molecule has 0 unspecified atom stereocenters. The summed E-state index contributed by atoms with van der Waals surface area (Å²) in [5.41, 5.74) is 0. The highest BCUT2D eigenvalue weighted by atomic mass is 16.7. The van der Waals surface area contributed by atoms with Gasteiger partial charge in [-0.3, -0.25) is 4.79 Å². The van der Waals surface area contributed by atoms with Gasteiger partial charge in [-0.2, -0.15) is 0 Å². The van der Waals surface area contributed by atoms with Gasteiger partial charge in [-0.05, 0) is 37.8 Å². The Kier molecular flexibility index (Phi) is 4.97. The molecule has 2 fully saturated rings. The lowest BCUT2D eigenvalue weighted by molar-refractivity contribution is -0.124. The Labute approximate surface area is 148 Å². The van der Waals surface area contributed by atoms with E-state index in [0.717, 1.165) is 12.8 Å². The van der Waals surface area contributed by atoms with Gasteiger partial charge in [0, 0.05) is 24.2 Å². The van der Waals surface area contributed by atoms with E-state index in [0.29, 0.717) is 29.3 Å². The first kappa shape index (κ1) is 16.5. The van der Waals surface area contributed by atoms with Crippen LogP contribution in [0.2, 0.25) is 0 Å². The van der Waals surface area contributed by atoms with E-state index in [1.165, 1.54) is 32.1 Å². The summed E-state index contributed by atoms with van der Waals surface area (Å²) in [6.07, 6.45) is 8.73. The van der Waals surface area contributed by atoms with Crippen LogP contribution in [0.15, 0.2) is 18.2 Å². The second-order valence-electron chi connectivity index (χ2n) is 7.16. The molecule has 2 atom stereocenters. The van der Waals surface area contributed by atoms with Gasteiger partial charge in [0.25, 0.3) is 5.91 Å². The van der Waals surface area contributed by atoms with Crippen molar-refractivity contribution in [2.75, 3.05) is 13.4 Å². The zero-order chi connectivity index (χ0) is 17.1. The quantitative estimate of drug-likeness (QED) is 0.828. The summed E-state index contributed by atoms with van der Waals surface area (Å²) in [5.74, 6) is 1.92. The molecule has 2 aliphatic carbocycles. The molecule has 1 aromatic carbocycles. The Morgan fingerprint density at radius 1 is 1.04 bits per heavy atom. The number of hydrogen-bond donors (Lipinski definition) is 2. The Hall–Kier alpha value is -1.95. The highest BCUT2D eigenvalue weighted by Gasteiger charge is 2.33. The molecule has 6 heteroatoms. The lowest BCUT2D eigenvalue weighted by Gasteiger charge is -2.41. The molecule has 0 radical (unpaired) electrons. The fourth-order valence-electron chi connectivity index (χ4n) is 3.81. The van der Waals surface area contributed by atoms with Crippen molar-refractivity contribution in [2.24, 2.45) is 0 Å². The molecule has 136 valence electrons. The Balaban J connectivity index is 1.21. The van der Waals surface area contributed by atoms with E-state index in [1.54, 1.807) is 18.2 Å². The summed E-state index contributed by atoms with van der Waals surface area (Å²) in [5, 5.41) is 6.82. The van der Waals surface area contributed by atoms with Crippen molar-refractivity contribution in [1.29, 1.82) is 0 Å². The van der Waals surface area contributed by atoms with E-state index < -0.39 is 0 Å². The molecule has 0 bridgehead atoms. The van der Waals surface area contributed by atoms with Crippen molar-refractivity contribution in [1.82, 2.24) is 10.6 Å². The van der Waals surface area contributed by atoms with Gasteiger partial charge >= 0.3 is 0 Å². The van der Waals surface area contributed by atoms with Crippen molar-refractivity contribution in [2.45, 2.75) is 63.1 Å². The molecule has 3 aliphatic rings. The molecule has 2 saturated carbocycles. The number of benzene rings is 1. The highest BCUT2D eigenvalue weighted by Crippen LogP contribution is 2.35. The molecule has 6 nitrogen and oxygen atoms in total. The number of carbonyl (C=O) groups is 1. The van der Waals surface area contributed by atoms with Gasteiger partial charge in [0.05, 0.1) is 0 Å². The number of fused-ring (bicyclic) bond motifs is 1. The molecule has 4 rings (SSSR count). The van der Waals surface area contributed by atoms with Crippen LogP contribution in [0.5, 0.6) is 17.2 Å². The number of carbonyl (C=O) groups excluding carboxylic acids is 1. The van der Waals surface area contributed by atoms with Crippen molar-refractivity contribution in [3.8, 4) is 17.2 Å². The Morgan fingerprint density at radius 2 is 1.84 bits per heavy atom. The molecule has 1 aromatic rings. The predicted octanol–water partition coefficient (Wildman–Crippen LogP) is 2.36. The van der Waals surface area contributed by atoms with E-state index in [9.17, 15) is 4.79 Å². The SMILES string of the molecule is O=C(COc1ccc2c(c1)OCO2)N[C@H]1CC[C@H]1NC1CCCCC1. The smallest absolute Gasteiger partial charge is 0.258 e. The minimum atomic E-state index is -0.0715. The molecule has 1 amide bonds. The van der Waals surface area contributed by atoms with Crippen molar-refractivity contribution in [3.63, 3.8) is 0 Å². The number of ether oxygens (including phenoxy) is 3.